The number of pyridine rings is 1. The summed E-state index contributed by atoms with van der Waals surface area (Å²) in [6.07, 6.45) is 5.30. The first-order valence-electron chi connectivity index (χ1n) is 8.71. The maximum Gasteiger partial charge on any atom is 0.256 e. The maximum atomic E-state index is 12.0. The van der Waals surface area contributed by atoms with Crippen LogP contribution in [0.25, 0.3) is 0 Å². The first kappa shape index (κ1) is 19.5. The number of halogens is 1. The van der Waals surface area contributed by atoms with E-state index in [-0.39, 0.29) is 11.1 Å². The lowest BCUT2D eigenvalue weighted by Crippen LogP contribution is -2.34. The van der Waals surface area contributed by atoms with Crippen LogP contribution in [0, 0.1) is 5.92 Å². The molecule has 7 heteroatoms. The Morgan fingerprint density at radius 2 is 2.00 bits per heavy atom. The second-order valence-electron chi connectivity index (χ2n) is 6.87. The summed E-state index contributed by atoms with van der Waals surface area (Å²) in [5.74, 6) is 1.39. The Labute approximate surface area is 154 Å². The summed E-state index contributed by atoms with van der Waals surface area (Å²) in [6, 6.07) is 3.64. The van der Waals surface area contributed by atoms with Gasteiger partial charge in [0.2, 0.25) is 6.41 Å². The van der Waals surface area contributed by atoms with Crippen LogP contribution in [0.4, 0.5) is 5.82 Å². The fourth-order valence-electron chi connectivity index (χ4n) is 3.13. The minimum Gasteiger partial charge on any atom is -0.357 e. The minimum atomic E-state index is -0.136. The van der Waals surface area contributed by atoms with Gasteiger partial charge in [-0.3, -0.25) is 9.59 Å². The third-order valence-corrected chi connectivity index (χ3v) is 5.00. The lowest BCUT2D eigenvalue weighted by molar-refractivity contribution is -0.117. The van der Waals surface area contributed by atoms with Gasteiger partial charge < -0.3 is 14.7 Å². The minimum absolute atomic E-state index is 0.136. The monoisotopic (exact) mass is 366 g/mol. The van der Waals surface area contributed by atoms with Crippen LogP contribution in [-0.4, -0.2) is 67.9 Å². The quantitative estimate of drug-likeness (QED) is 0.549. The van der Waals surface area contributed by atoms with Gasteiger partial charge in [-0.1, -0.05) is 11.6 Å². The molecule has 2 amide bonds. The lowest BCUT2D eigenvalue weighted by Gasteiger charge is -2.33. The Kier molecular flexibility index (Phi) is 7.05. The van der Waals surface area contributed by atoms with Gasteiger partial charge in [0.15, 0.2) is 0 Å². The SMILES string of the molecule is CN(C=O)CCCC1CCN(c2ccc(C(=O)N(C)C)c(Cl)n2)CC1. The third-order valence-electron chi connectivity index (χ3n) is 4.71. The van der Waals surface area contributed by atoms with Gasteiger partial charge >= 0.3 is 0 Å². The third kappa shape index (κ3) is 5.33. The molecule has 1 aliphatic heterocycles. The van der Waals surface area contributed by atoms with E-state index in [0.717, 1.165) is 57.5 Å². The summed E-state index contributed by atoms with van der Waals surface area (Å²) in [4.78, 5) is 32.5. The van der Waals surface area contributed by atoms with Crippen molar-refractivity contribution in [2.45, 2.75) is 25.7 Å². The van der Waals surface area contributed by atoms with Crippen molar-refractivity contribution >= 4 is 29.7 Å². The van der Waals surface area contributed by atoms with Crippen LogP contribution < -0.4 is 4.90 Å². The van der Waals surface area contributed by atoms with E-state index in [0.29, 0.717) is 11.5 Å². The van der Waals surface area contributed by atoms with Crippen molar-refractivity contribution in [1.82, 2.24) is 14.8 Å². The molecule has 1 saturated heterocycles. The first-order chi connectivity index (χ1) is 11.9. The number of nitrogens with zero attached hydrogens (tertiary/aromatic N) is 4. The number of anilines is 1. The van der Waals surface area contributed by atoms with E-state index in [4.69, 9.17) is 11.6 Å². The standard InChI is InChI=1S/C18H27ClN4O2/c1-21(2)18(25)15-6-7-16(20-17(15)19)23-11-8-14(9-12-23)5-4-10-22(3)13-24/h6-7,13-14H,4-5,8-12H2,1-3H3. The van der Waals surface area contributed by atoms with Gasteiger partial charge in [-0.25, -0.2) is 4.98 Å². The van der Waals surface area contributed by atoms with Crippen molar-refractivity contribution in [3.05, 3.63) is 22.8 Å². The summed E-state index contributed by atoms with van der Waals surface area (Å²) in [6.45, 7) is 2.71. The fourth-order valence-corrected chi connectivity index (χ4v) is 3.36. The number of amides is 2. The molecule has 0 saturated carbocycles. The van der Waals surface area contributed by atoms with E-state index in [1.54, 1.807) is 25.1 Å². The molecule has 0 atom stereocenters. The number of carbonyl (C=O) groups is 2. The maximum absolute atomic E-state index is 12.0. The van der Waals surface area contributed by atoms with Gasteiger partial charge in [0.05, 0.1) is 5.56 Å². The van der Waals surface area contributed by atoms with Crippen LogP contribution in [0.2, 0.25) is 5.15 Å². The van der Waals surface area contributed by atoms with Crippen LogP contribution in [0.1, 0.15) is 36.0 Å². The Hall–Kier alpha value is -1.82. The summed E-state index contributed by atoms with van der Waals surface area (Å²) >= 11 is 6.21. The largest absolute Gasteiger partial charge is 0.357 e. The van der Waals surface area contributed by atoms with E-state index < -0.39 is 0 Å². The zero-order chi connectivity index (χ0) is 18.4. The van der Waals surface area contributed by atoms with Crippen molar-refractivity contribution in [2.24, 2.45) is 5.92 Å². The molecular formula is C18H27ClN4O2. The molecule has 6 nitrogen and oxygen atoms in total. The Balaban J connectivity index is 1.87. The molecule has 1 fully saturated rings. The van der Waals surface area contributed by atoms with Crippen molar-refractivity contribution < 1.29 is 9.59 Å². The molecule has 0 radical (unpaired) electrons. The molecule has 1 aromatic heterocycles. The Morgan fingerprint density at radius 3 is 2.56 bits per heavy atom. The zero-order valence-corrected chi connectivity index (χ0v) is 16.0. The molecule has 138 valence electrons. The van der Waals surface area contributed by atoms with E-state index >= 15 is 0 Å². The van der Waals surface area contributed by atoms with Crippen molar-refractivity contribution in [1.29, 1.82) is 0 Å². The molecule has 0 aromatic carbocycles. The highest BCUT2D eigenvalue weighted by Crippen LogP contribution is 2.27. The van der Waals surface area contributed by atoms with Crippen LogP contribution in [0.15, 0.2) is 12.1 Å². The van der Waals surface area contributed by atoms with Gasteiger partial charge in [-0.05, 0) is 43.7 Å². The highest BCUT2D eigenvalue weighted by atomic mass is 35.5. The molecule has 2 rings (SSSR count). The van der Waals surface area contributed by atoms with Gasteiger partial charge in [0.25, 0.3) is 5.91 Å². The molecule has 0 unspecified atom stereocenters. The van der Waals surface area contributed by atoms with Crippen molar-refractivity contribution in [3.63, 3.8) is 0 Å². The number of hydrogen-bond donors (Lipinski definition) is 0. The predicted molar refractivity (Wildman–Crippen MR) is 100 cm³/mol. The summed E-state index contributed by atoms with van der Waals surface area (Å²) < 4.78 is 0. The predicted octanol–water partition coefficient (Wildman–Crippen LogP) is 2.52. The molecule has 25 heavy (non-hydrogen) atoms. The average Bonchev–Trinajstić information content (AvgIpc) is 2.61. The van der Waals surface area contributed by atoms with E-state index in [1.165, 1.54) is 4.90 Å². The van der Waals surface area contributed by atoms with Crippen molar-refractivity contribution in [2.75, 3.05) is 45.7 Å². The summed E-state index contributed by atoms with van der Waals surface area (Å²) in [7, 11) is 5.21. The van der Waals surface area contributed by atoms with E-state index in [2.05, 4.69) is 9.88 Å². The smallest absolute Gasteiger partial charge is 0.256 e. The topological polar surface area (TPSA) is 56.8 Å². The van der Waals surface area contributed by atoms with Gasteiger partial charge in [0, 0.05) is 40.8 Å². The fraction of sp³-hybridized carbons (Fsp3) is 0.611. The Morgan fingerprint density at radius 1 is 1.32 bits per heavy atom. The van der Waals surface area contributed by atoms with E-state index in [1.807, 2.05) is 13.1 Å². The normalized spacial score (nSPS) is 15.1. The van der Waals surface area contributed by atoms with Gasteiger partial charge in [-0.2, -0.15) is 0 Å². The summed E-state index contributed by atoms with van der Waals surface area (Å²) in [5.41, 5.74) is 0.435. The molecule has 0 N–H and O–H groups in total. The van der Waals surface area contributed by atoms with Crippen LogP contribution in [0.5, 0.6) is 0 Å². The second-order valence-corrected chi connectivity index (χ2v) is 7.22. The second kappa shape index (κ2) is 9.04. The molecule has 2 heterocycles. The highest BCUT2D eigenvalue weighted by Gasteiger charge is 2.21. The molecule has 0 spiro atoms. The van der Waals surface area contributed by atoms with E-state index in [9.17, 15) is 9.59 Å². The molecule has 0 bridgehead atoms. The lowest BCUT2D eigenvalue weighted by atomic mass is 9.92. The van der Waals surface area contributed by atoms with Gasteiger partial charge in [0.1, 0.15) is 11.0 Å². The molecule has 1 aliphatic rings. The summed E-state index contributed by atoms with van der Waals surface area (Å²) in [5, 5.41) is 0.259. The molecular weight excluding hydrogens is 340 g/mol. The molecule has 0 aliphatic carbocycles. The number of carbonyl (C=O) groups excluding carboxylic acids is 2. The number of piperidine rings is 1. The van der Waals surface area contributed by atoms with Crippen LogP contribution in [-0.2, 0) is 4.79 Å². The number of hydrogen-bond acceptors (Lipinski definition) is 4. The number of aromatic nitrogens is 1. The van der Waals surface area contributed by atoms with Crippen LogP contribution in [0.3, 0.4) is 0 Å². The number of rotatable bonds is 7. The van der Waals surface area contributed by atoms with Gasteiger partial charge in [-0.15, -0.1) is 0 Å². The highest BCUT2D eigenvalue weighted by molar-refractivity contribution is 6.32. The molecule has 1 aromatic rings. The zero-order valence-electron chi connectivity index (χ0n) is 15.2. The first-order valence-corrected chi connectivity index (χ1v) is 9.09. The average molecular weight is 367 g/mol. The van der Waals surface area contributed by atoms with Crippen molar-refractivity contribution in [3.8, 4) is 0 Å². The Bertz CT molecular complexity index is 601. The van der Waals surface area contributed by atoms with Crippen LogP contribution >= 0.6 is 11.6 Å².